The maximum absolute atomic E-state index is 12.0. The molecule has 20 heavy (non-hydrogen) atoms. The minimum absolute atomic E-state index is 0.318. The summed E-state index contributed by atoms with van der Waals surface area (Å²) in [6.45, 7) is 0. The zero-order chi connectivity index (χ0) is 14.8. The van der Waals surface area contributed by atoms with Gasteiger partial charge in [-0.15, -0.1) is 0 Å². The van der Waals surface area contributed by atoms with Gasteiger partial charge in [0.05, 0.1) is 4.90 Å². The molecule has 0 aromatic heterocycles. The summed E-state index contributed by atoms with van der Waals surface area (Å²) in [5.41, 5.74) is 6.85. The van der Waals surface area contributed by atoms with E-state index in [9.17, 15) is 8.42 Å². The van der Waals surface area contributed by atoms with Crippen LogP contribution in [0.25, 0.3) is 0 Å². The van der Waals surface area contributed by atoms with E-state index in [2.05, 4.69) is 5.32 Å². The summed E-state index contributed by atoms with van der Waals surface area (Å²) in [5, 5.41) is 3.45. The highest BCUT2D eigenvalue weighted by molar-refractivity contribution is 7.89. The zero-order valence-corrected chi connectivity index (χ0v) is 12.9. The largest absolute Gasteiger partial charge is 0.382 e. The van der Waals surface area contributed by atoms with E-state index in [4.69, 9.17) is 5.73 Å². The molecule has 0 saturated heterocycles. The summed E-state index contributed by atoms with van der Waals surface area (Å²) in [4.78, 5) is 0.318. The normalized spacial score (nSPS) is 23.8. The van der Waals surface area contributed by atoms with Crippen molar-refractivity contribution in [2.75, 3.05) is 19.4 Å². The van der Waals surface area contributed by atoms with Gasteiger partial charge in [0.1, 0.15) is 0 Å². The quantitative estimate of drug-likeness (QED) is 0.885. The van der Waals surface area contributed by atoms with Gasteiger partial charge < -0.3 is 11.1 Å². The first-order valence-corrected chi connectivity index (χ1v) is 8.38. The van der Waals surface area contributed by atoms with E-state index in [0.717, 1.165) is 31.4 Å². The smallest absolute Gasteiger partial charge is 0.242 e. The predicted molar refractivity (Wildman–Crippen MR) is 81.2 cm³/mol. The fraction of sp³-hybridized carbons (Fsp3) is 0.571. The molecule has 1 fully saturated rings. The average molecular weight is 297 g/mol. The minimum atomic E-state index is -3.34. The summed E-state index contributed by atoms with van der Waals surface area (Å²) in [6.07, 6.45) is 4.23. The van der Waals surface area contributed by atoms with Gasteiger partial charge in [-0.3, -0.25) is 0 Å². The first-order chi connectivity index (χ1) is 9.39. The van der Waals surface area contributed by atoms with Gasteiger partial charge in [0, 0.05) is 31.9 Å². The van der Waals surface area contributed by atoms with Crippen LogP contribution in [0.4, 0.5) is 5.69 Å². The topological polar surface area (TPSA) is 75.4 Å². The second-order valence-corrected chi connectivity index (χ2v) is 7.72. The monoisotopic (exact) mass is 297 g/mol. The number of hydrogen-bond donors (Lipinski definition) is 2. The van der Waals surface area contributed by atoms with Crippen molar-refractivity contribution in [2.45, 2.75) is 42.7 Å². The van der Waals surface area contributed by atoms with Gasteiger partial charge in [-0.1, -0.05) is 0 Å². The molecule has 0 heterocycles. The van der Waals surface area contributed by atoms with Gasteiger partial charge in [-0.05, 0) is 49.9 Å². The molecular weight excluding hydrogens is 274 g/mol. The molecule has 0 amide bonds. The Kier molecular flexibility index (Phi) is 4.67. The molecule has 0 unspecified atom stereocenters. The highest BCUT2D eigenvalue weighted by Crippen LogP contribution is 2.22. The van der Waals surface area contributed by atoms with E-state index in [1.165, 1.54) is 18.4 Å². The molecule has 5 nitrogen and oxygen atoms in total. The maximum atomic E-state index is 12.0. The third-order valence-electron chi connectivity index (χ3n) is 3.78. The summed E-state index contributed by atoms with van der Waals surface area (Å²) < 4.78 is 25.1. The van der Waals surface area contributed by atoms with Crippen LogP contribution in [-0.2, 0) is 10.0 Å². The van der Waals surface area contributed by atoms with Crippen molar-refractivity contribution in [1.82, 2.24) is 4.31 Å². The van der Waals surface area contributed by atoms with E-state index >= 15 is 0 Å². The lowest BCUT2D eigenvalue weighted by atomic mass is 9.92. The van der Waals surface area contributed by atoms with E-state index in [1.807, 2.05) is 12.1 Å². The van der Waals surface area contributed by atoms with E-state index < -0.39 is 10.0 Å². The average Bonchev–Trinajstić information content (AvgIpc) is 2.42. The second kappa shape index (κ2) is 6.11. The number of benzene rings is 1. The Balaban J connectivity index is 2.02. The SMILES string of the molecule is CN(C)S(=O)(=O)c1ccc(NC2CCC(N)CC2)cc1. The first-order valence-electron chi connectivity index (χ1n) is 6.94. The van der Waals surface area contributed by atoms with Gasteiger partial charge in [-0.2, -0.15) is 0 Å². The second-order valence-electron chi connectivity index (χ2n) is 5.57. The van der Waals surface area contributed by atoms with Gasteiger partial charge in [-0.25, -0.2) is 12.7 Å². The van der Waals surface area contributed by atoms with E-state index in [1.54, 1.807) is 12.1 Å². The molecule has 1 aliphatic carbocycles. The van der Waals surface area contributed by atoms with Crippen molar-refractivity contribution in [3.8, 4) is 0 Å². The lowest BCUT2D eigenvalue weighted by Gasteiger charge is -2.27. The van der Waals surface area contributed by atoms with Crippen molar-refractivity contribution < 1.29 is 8.42 Å². The number of anilines is 1. The lowest BCUT2D eigenvalue weighted by Crippen LogP contribution is -2.32. The van der Waals surface area contributed by atoms with Crippen LogP contribution >= 0.6 is 0 Å². The molecule has 0 bridgehead atoms. The van der Waals surface area contributed by atoms with E-state index in [0.29, 0.717) is 17.0 Å². The van der Waals surface area contributed by atoms with Crippen molar-refractivity contribution in [3.05, 3.63) is 24.3 Å². The van der Waals surface area contributed by atoms with Gasteiger partial charge >= 0.3 is 0 Å². The van der Waals surface area contributed by atoms with Crippen molar-refractivity contribution in [3.63, 3.8) is 0 Å². The van der Waals surface area contributed by atoms with Gasteiger partial charge in [0.25, 0.3) is 0 Å². The number of hydrogen-bond acceptors (Lipinski definition) is 4. The van der Waals surface area contributed by atoms with Crippen LogP contribution < -0.4 is 11.1 Å². The Hall–Kier alpha value is -1.11. The number of rotatable bonds is 4. The fourth-order valence-electron chi connectivity index (χ4n) is 2.43. The molecule has 1 aromatic rings. The van der Waals surface area contributed by atoms with Crippen LogP contribution in [0.1, 0.15) is 25.7 Å². The number of sulfonamides is 1. The highest BCUT2D eigenvalue weighted by Gasteiger charge is 2.19. The van der Waals surface area contributed by atoms with Crippen molar-refractivity contribution in [1.29, 1.82) is 0 Å². The Labute approximate surface area is 121 Å². The van der Waals surface area contributed by atoms with Crippen LogP contribution in [0.15, 0.2) is 29.2 Å². The summed E-state index contributed by atoms with van der Waals surface area (Å²) in [5.74, 6) is 0. The van der Waals surface area contributed by atoms with E-state index in [-0.39, 0.29) is 0 Å². The standard InChI is InChI=1S/C14H23N3O2S/c1-17(2)20(18,19)14-9-7-13(8-10-14)16-12-5-3-11(15)4-6-12/h7-12,16H,3-6,15H2,1-2H3. The van der Waals surface area contributed by atoms with Gasteiger partial charge in [0.2, 0.25) is 10.0 Å². The molecule has 0 atom stereocenters. The fourth-order valence-corrected chi connectivity index (χ4v) is 3.33. The molecule has 0 radical (unpaired) electrons. The lowest BCUT2D eigenvalue weighted by molar-refractivity contribution is 0.411. The molecule has 0 aliphatic heterocycles. The van der Waals surface area contributed by atoms with Crippen LogP contribution in [0, 0.1) is 0 Å². The maximum Gasteiger partial charge on any atom is 0.242 e. The third kappa shape index (κ3) is 3.50. The molecular formula is C14H23N3O2S. The Morgan fingerprint density at radius 3 is 2.15 bits per heavy atom. The minimum Gasteiger partial charge on any atom is -0.382 e. The molecule has 1 saturated carbocycles. The molecule has 6 heteroatoms. The van der Waals surface area contributed by atoms with Crippen LogP contribution in [0.2, 0.25) is 0 Å². The first kappa shape index (κ1) is 15.3. The summed E-state index contributed by atoms with van der Waals surface area (Å²) in [6, 6.07) is 7.71. The summed E-state index contributed by atoms with van der Waals surface area (Å²) in [7, 11) is -0.276. The number of nitrogens with zero attached hydrogens (tertiary/aromatic N) is 1. The number of nitrogens with two attached hydrogens (primary N) is 1. The molecule has 112 valence electrons. The third-order valence-corrected chi connectivity index (χ3v) is 5.60. The Morgan fingerprint density at radius 1 is 1.10 bits per heavy atom. The predicted octanol–water partition coefficient (Wildman–Crippen LogP) is 1.62. The van der Waals surface area contributed by atoms with Gasteiger partial charge in [0.15, 0.2) is 0 Å². The highest BCUT2D eigenvalue weighted by atomic mass is 32.2. The van der Waals surface area contributed by atoms with Crippen LogP contribution in [0.5, 0.6) is 0 Å². The van der Waals surface area contributed by atoms with Crippen LogP contribution in [-0.4, -0.2) is 38.9 Å². The molecule has 1 aromatic carbocycles. The van der Waals surface area contributed by atoms with Crippen LogP contribution in [0.3, 0.4) is 0 Å². The molecule has 3 N–H and O–H groups in total. The summed E-state index contributed by atoms with van der Waals surface area (Å²) >= 11 is 0. The van der Waals surface area contributed by atoms with Crippen molar-refractivity contribution in [2.24, 2.45) is 5.73 Å². The molecule has 2 rings (SSSR count). The molecule has 1 aliphatic rings. The Morgan fingerprint density at radius 2 is 1.65 bits per heavy atom. The number of nitrogens with one attached hydrogen (secondary N) is 1. The Bertz CT molecular complexity index is 532. The molecule has 0 spiro atoms. The van der Waals surface area contributed by atoms with Crippen molar-refractivity contribution >= 4 is 15.7 Å². The zero-order valence-electron chi connectivity index (χ0n) is 12.0.